The van der Waals surface area contributed by atoms with Gasteiger partial charge >= 0.3 is 0 Å². The first kappa shape index (κ1) is 19.3. The van der Waals surface area contributed by atoms with Gasteiger partial charge in [0, 0.05) is 23.6 Å². The van der Waals surface area contributed by atoms with E-state index in [9.17, 15) is 9.59 Å². The van der Waals surface area contributed by atoms with Crippen molar-refractivity contribution in [3.8, 4) is 0 Å². The van der Waals surface area contributed by atoms with E-state index in [4.69, 9.17) is 22.6 Å². The number of nitrogens with two attached hydrogens (primary N) is 3. The molecule has 0 saturated carbocycles. The monoisotopic (exact) mass is 359 g/mol. The number of benzene rings is 1. The number of amides is 2. The molecule has 2 atom stereocenters. The van der Waals surface area contributed by atoms with E-state index in [-0.39, 0.29) is 5.96 Å². The first-order valence-corrected chi connectivity index (χ1v) is 8.36. The molecule has 2 aromatic rings. The Bertz CT molecular complexity index is 786. The zero-order chi connectivity index (χ0) is 19.1. The number of rotatable bonds is 9. The van der Waals surface area contributed by atoms with E-state index < -0.39 is 23.9 Å². The van der Waals surface area contributed by atoms with E-state index in [1.165, 1.54) is 0 Å². The standard InChI is InChI=1S/C17H25N7O2/c18-12(8-10-9-23-13-5-2-1-4-11(10)13)16(26)24-14(15(19)25)6-3-7-22-17(20)21/h1-2,4-5,9,12,14,23H,3,6-8,18H2,(H2,19,25)(H,24,26)(H4,20,21,22)/t12-,14-/m0/s1. The van der Waals surface area contributed by atoms with Gasteiger partial charge in [-0.05, 0) is 30.9 Å². The maximum atomic E-state index is 12.3. The number of carbonyl (C=O) groups is 2. The van der Waals surface area contributed by atoms with Crippen LogP contribution >= 0.6 is 0 Å². The van der Waals surface area contributed by atoms with E-state index in [1.54, 1.807) is 0 Å². The molecule has 140 valence electrons. The summed E-state index contributed by atoms with van der Waals surface area (Å²) in [4.78, 5) is 27.0. The van der Waals surface area contributed by atoms with Crippen LogP contribution in [0.5, 0.6) is 0 Å². The number of para-hydroxylation sites is 1. The Kier molecular flexibility index (Phi) is 6.56. The molecule has 9 heteroatoms. The number of fused-ring (bicyclic) bond motifs is 1. The number of aromatic amines is 1. The Balaban J connectivity index is 1.91. The summed E-state index contributed by atoms with van der Waals surface area (Å²) in [6, 6.07) is 6.14. The number of H-pyrrole nitrogens is 1. The van der Waals surface area contributed by atoms with Crippen molar-refractivity contribution in [2.75, 3.05) is 6.54 Å². The van der Waals surface area contributed by atoms with Crippen LogP contribution in [0, 0.1) is 5.41 Å². The normalized spacial score (nSPS) is 13.1. The second kappa shape index (κ2) is 8.86. The minimum atomic E-state index is -0.815. The molecule has 26 heavy (non-hydrogen) atoms. The Morgan fingerprint density at radius 2 is 1.96 bits per heavy atom. The second-order valence-electron chi connectivity index (χ2n) is 6.12. The fourth-order valence-corrected chi connectivity index (χ4v) is 2.72. The number of hydrogen-bond donors (Lipinski definition) is 7. The zero-order valence-corrected chi connectivity index (χ0v) is 14.4. The molecule has 0 spiro atoms. The highest BCUT2D eigenvalue weighted by atomic mass is 16.2. The minimum Gasteiger partial charge on any atom is -0.370 e. The van der Waals surface area contributed by atoms with Crippen molar-refractivity contribution in [2.45, 2.75) is 31.3 Å². The molecule has 0 aliphatic carbocycles. The summed E-state index contributed by atoms with van der Waals surface area (Å²) < 4.78 is 0. The molecule has 0 aliphatic rings. The van der Waals surface area contributed by atoms with E-state index in [1.807, 2.05) is 30.5 Å². The summed E-state index contributed by atoms with van der Waals surface area (Å²) in [5, 5.41) is 13.3. The Morgan fingerprint density at radius 1 is 1.23 bits per heavy atom. The molecule has 0 bridgehead atoms. The highest BCUT2D eigenvalue weighted by molar-refractivity contribution is 5.90. The molecule has 1 heterocycles. The third kappa shape index (κ3) is 5.21. The van der Waals surface area contributed by atoms with Crippen LogP contribution in [0.2, 0.25) is 0 Å². The predicted octanol–water partition coefficient (Wildman–Crippen LogP) is -0.729. The van der Waals surface area contributed by atoms with Gasteiger partial charge in [0.2, 0.25) is 11.8 Å². The van der Waals surface area contributed by atoms with Crippen LogP contribution in [0.1, 0.15) is 18.4 Å². The molecule has 0 unspecified atom stereocenters. The van der Waals surface area contributed by atoms with Crippen molar-refractivity contribution in [3.05, 3.63) is 36.0 Å². The zero-order valence-electron chi connectivity index (χ0n) is 14.4. The Morgan fingerprint density at radius 3 is 2.65 bits per heavy atom. The Hall–Kier alpha value is -3.07. The lowest BCUT2D eigenvalue weighted by Gasteiger charge is -2.18. The van der Waals surface area contributed by atoms with Crippen LogP contribution < -0.4 is 27.8 Å². The van der Waals surface area contributed by atoms with Crippen LogP contribution in [0.3, 0.4) is 0 Å². The van der Waals surface area contributed by atoms with Gasteiger partial charge in [0.1, 0.15) is 6.04 Å². The van der Waals surface area contributed by atoms with Crippen LogP contribution in [0.25, 0.3) is 10.9 Å². The molecule has 1 aromatic heterocycles. The first-order valence-electron chi connectivity index (χ1n) is 8.36. The molecule has 0 aliphatic heterocycles. The lowest BCUT2D eigenvalue weighted by atomic mass is 10.0. The number of hydrogen-bond acceptors (Lipinski definition) is 4. The number of carbonyl (C=O) groups excluding carboxylic acids is 2. The summed E-state index contributed by atoms with van der Waals surface area (Å²) in [5.41, 5.74) is 18.5. The average molecular weight is 359 g/mol. The molecule has 10 N–H and O–H groups in total. The third-order valence-electron chi connectivity index (χ3n) is 4.10. The van der Waals surface area contributed by atoms with Crippen LogP contribution in [-0.4, -0.2) is 41.4 Å². The molecule has 2 amide bonds. The molecule has 0 saturated heterocycles. The molecule has 0 radical (unpaired) electrons. The van der Waals surface area contributed by atoms with Gasteiger partial charge in [-0.3, -0.25) is 15.0 Å². The van der Waals surface area contributed by atoms with Gasteiger partial charge < -0.3 is 32.8 Å². The number of aromatic nitrogens is 1. The van der Waals surface area contributed by atoms with Crippen molar-refractivity contribution >= 4 is 28.7 Å². The van der Waals surface area contributed by atoms with Gasteiger partial charge in [0.25, 0.3) is 0 Å². The van der Waals surface area contributed by atoms with Crippen LogP contribution in [0.15, 0.2) is 30.5 Å². The fraction of sp³-hybridized carbons (Fsp3) is 0.353. The highest BCUT2D eigenvalue weighted by Crippen LogP contribution is 2.18. The smallest absolute Gasteiger partial charge is 0.240 e. The molecule has 0 fully saturated rings. The van der Waals surface area contributed by atoms with Gasteiger partial charge in [-0.2, -0.15) is 0 Å². The quantitative estimate of drug-likeness (QED) is 0.177. The topological polar surface area (TPSA) is 176 Å². The van der Waals surface area contributed by atoms with E-state index in [0.29, 0.717) is 25.8 Å². The largest absolute Gasteiger partial charge is 0.370 e. The number of nitrogens with one attached hydrogen (secondary N) is 4. The lowest BCUT2D eigenvalue weighted by molar-refractivity contribution is -0.128. The van der Waals surface area contributed by atoms with Gasteiger partial charge in [-0.15, -0.1) is 0 Å². The number of guanidine groups is 1. The van der Waals surface area contributed by atoms with Crippen molar-refractivity contribution < 1.29 is 9.59 Å². The minimum absolute atomic E-state index is 0.148. The summed E-state index contributed by atoms with van der Waals surface area (Å²) >= 11 is 0. The third-order valence-corrected chi connectivity index (χ3v) is 4.10. The van der Waals surface area contributed by atoms with Crippen molar-refractivity contribution in [1.29, 1.82) is 5.41 Å². The molecule has 9 nitrogen and oxygen atoms in total. The van der Waals surface area contributed by atoms with Crippen LogP contribution in [0.4, 0.5) is 0 Å². The summed E-state index contributed by atoms with van der Waals surface area (Å²) in [6.45, 7) is 0.413. The Labute approximate surface area is 151 Å². The van der Waals surface area contributed by atoms with E-state index in [2.05, 4.69) is 15.6 Å². The average Bonchev–Trinajstić information content (AvgIpc) is 3.00. The maximum Gasteiger partial charge on any atom is 0.240 e. The second-order valence-corrected chi connectivity index (χ2v) is 6.12. The van der Waals surface area contributed by atoms with Crippen molar-refractivity contribution in [1.82, 2.24) is 15.6 Å². The number of primary amides is 1. The fourth-order valence-electron chi connectivity index (χ4n) is 2.72. The lowest BCUT2D eigenvalue weighted by Crippen LogP contribution is -2.51. The molecular formula is C17H25N7O2. The van der Waals surface area contributed by atoms with Crippen molar-refractivity contribution in [2.24, 2.45) is 17.2 Å². The molecule has 2 rings (SSSR count). The van der Waals surface area contributed by atoms with E-state index in [0.717, 1.165) is 16.5 Å². The van der Waals surface area contributed by atoms with Gasteiger partial charge in [-0.25, -0.2) is 0 Å². The SMILES string of the molecule is N=C(N)NCCC[C@H](NC(=O)[C@@H](N)Cc1c[nH]c2ccccc12)C(N)=O. The summed E-state index contributed by atoms with van der Waals surface area (Å²) in [5.74, 6) is -1.20. The van der Waals surface area contributed by atoms with Gasteiger partial charge in [0.05, 0.1) is 6.04 Å². The van der Waals surface area contributed by atoms with Gasteiger partial charge in [-0.1, -0.05) is 18.2 Å². The van der Waals surface area contributed by atoms with Crippen LogP contribution in [-0.2, 0) is 16.0 Å². The van der Waals surface area contributed by atoms with E-state index >= 15 is 0 Å². The maximum absolute atomic E-state index is 12.3. The molecular weight excluding hydrogens is 334 g/mol. The summed E-state index contributed by atoms with van der Waals surface area (Å²) in [6.07, 6.45) is 3.02. The van der Waals surface area contributed by atoms with Gasteiger partial charge in [0.15, 0.2) is 5.96 Å². The predicted molar refractivity (Wildman–Crippen MR) is 100 cm³/mol. The first-order chi connectivity index (χ1) is 12.4. The summed E-state index contributed by atoms with van der Waals surface area (Å²) in [7, 11) is 0. The van der Waals surface area contributed by atoms with Crippen molar-refractivity contribution in [3.63, 3.8) is 0 Å². The highest BCUT2D eigenvalue weighted by Gasteiger charge is 2.22. The molecule has 1 aromatic carbocycles.